The molecule has 1 aromatic rings. The maximum atomic E-state index is 11.8. The summed E-state index contributed by atoms with van der Waals surface area (Å²) in [4.78, 5) is 14.0. The first-order chi connectivity index (χ1) is 9.06. The third-order valence-electron chi connectivity index (χ3n) is 3.88. The minimum Gasteiger partial charge on any atom is -0.374 e. The van der Waals surface area contributed by atoms with Crippen molar-refractivity contribution in [1.29, 1.82) is 0 Å². The Morgan fingerprint density at radius 2 is 2.21 bits per heavy atom. The summed E-state index contributed by atoms with van der Waals surface area (Å²) < 4.78 is 0. The van der Waals surface area contributed by atoms with Crippen LogP contribution in [0.15, 0.2) is 18.2 Å². The van der Waals surface area contributed by atoms with Gasteiger partial charge in [0.1, 0.15) is 6.04 Å². The van der Waals surface area contributed by atoms with Crippen molar-refractivity contribution in [3.05, 3.63) is 23.8 Å². The molecule has 0 saturated carbocycles. The first-order valence-electron chi connectivity index (χ1n) is 6.90. The molecule has 1 aliphatic heterocycles. The topological polar surface area (TPSA) is 44.4 Å². The molecule has 0 saturated heterocycles. The lowest BCUT2D eigenvalue weighted by molar-refractivity contribution is -0.117. The van der Waals surface area contributed by atoms with E-state index in [2.05, 4.69) is 48.6 Å². The molecule has 1 amide bonds. The molecular formula is C15H23N3O. The Hall–Kier alpha value is -1.55. The fourth-order valence-electron chi connectivity index (χ4n) is 2.48. The Balaban J connectivity index is 2.19. The van der Waals surface area contributed by atoms with Crippen LogP contribution in [0.25, 0.3) is 0 Å². The van der Waals surface area contributed by atoms with E-state index in [9.17, 15) is 4.79 Å². The van der Waals surface area contributed by atoms with Gasteiger partial charge in [-0.25, -0.2) is 0 Å². The molecule has 19 heavy (non-hydrogen) atoms. The molecule has 0 fully saturated rings. The van der Waals surface area contributed by atoms with Crippen molar-refractivity contribution >= 4 is 17.3 Å². The summed E-state index contributed by atoms with van der Waals surface area (Å²) >= 11 is 0. The number of carbonyl (C=O) groups is 1. The summed E-state index contributed by atoms with van der Waals surface area (Å²) in [6.07, 6.45) is 1.17. The number of anilines is 2. The maximum absolute atomic E-state index is 11.8. The Kier molecular flexibility index (Phi) is 4.10. The molecule has 4 nitrogen and oxygen atoms in total. The summed E-state index contributed by atoms with van der Waals surface area (Å²) in [5, 5.41) is 5.97. The molecule has 4 heteroatoms. The number of carbonyl (C=O) groups excluding carboxylic acids is 1. The van der Waals surface area contributed by atoms with Crippen molar-refractivity contribution in [1.82, 2.24) is 5.32 Å². The zero-order valence-electron chi connectivity index (χ0n) is 12.2. The van der Waals surface area contributed by atoms with Crippen molar-refractivity contribution in [3.8, 4) is 0 Å². The van der Waals surface area contributed by atoms with Crippen LogP contribution in [0.1, 0.15) is 31.9 Å². The fourth-order valence-corrected chi connectivity index (χ4v) is 2.48. The average molecular weight is 261 g/mol. The number of hydrogen-bond acceptors (Lipinski definition) is 3. The number of likely N-dealkylation sites (N-methyl/N-ethyl adjacent to an activating group) is 1. The molecular weight excluding hydrogens is 238 g/mol. The number of hydrogen-bond donors (Lipinski definition) is 2. The first kappa shape index (κ1) is 13.9. The summed E-state index contributed by atoms with van der Waals surface area (Å²) in [5.41, 5.74) is 3.11. The second kappa shape index (κ2) is 5.61. The molecule has 0 radical (unpaired) electrons. The molecule has 0 aromatic heterocycles. The molecule has 2 N–H and O–H groups in total. The number of nitrogens with zero attached hydrogens (tertiary/aromatic N) is 1. The van der Waals surface area contributed by atoms with E-state index in [1.54, 1.807) is 0 Å². The van der Waals surface area contributed by atoms with Gasteiger partial charge in [-0.2, -0.15) is 0 Å². The van der Waals surface area contributed by atoms with Gasteiger partial charge in [0, 0.05) is 30.5 Å². The minimum atomic E-state index is -0.219. The lowest BCUT2D eigenvalue weighted by Crippen LogP contribution is -2.23. The predicted molar refractivity (Wildman–Crippen MR) is 79.6 cm³/mol. The molecule has 2 rings (SSSR count). The SMILES string of the molecule is CCC(C)CN(C)c1ccc2c(c1)NC(=O)C2NC. The van der Waals surface area contributed by atoms with Gasteiger partial charge in [0.05, 0.1) is 0 Å². The van der Waals surface area contributed by atoms with Gasteiger partial charge in [0.15, 0.2) is 0 Å². The van der Waals surface area contributed by atoms with Gasteiger partial charge in [-0.15, -0.1) is 0 Å². The molecule has 104 valence electrons. The molecule has 0 spiro atoms. The van der Waals surface area contributed by atoms with Crippen LogP contribution in [-0.4, -0.2) is 26.5 Å². The second-order valence-electron chi connectivity index (χ2n) is 5.38. The van der Waals surface area contributed by atoms with Gasteiger partial charge in [0.2, 0.25) is 5.91 Å². The molecule has 1 heterocycles. The quantitative estimate of drug-likeness (QED) is 0.855. The van der Waals surface area contributed by atoms with Crippen molar-refractivity contribution < 1.29 is 4.79 Å². The van der Waals surface area contributed by atoms with Gasteiger partial charge >= 0.3 is 0 Å². The number of benzene rings is 1. The van der Waals surface area contributed by atoms with Crippen LogP contribution in [0.3, 0.4) is 0 Å². The summed E-state index contributed by atoms with van der Waals surface area (Å²) in [6, 6.07) is 5.97. The fraction of sp³-hybridized carbons (Fsp3) is 0.533. The monoisotopic (exact) mass is 261 g/mol. The van der Waals surface area contributed by atoms with Gasteiger partial charge in [-0.05, 0) is 25.1 Å². The number of nitrogens with one attached hydrogen (secondary N) is 2. The van der Waals surface area contributed by atoms with Gasteiger partial charge < -0.3 is 15.5 Å². The zero-order chi connectivity index (χ0) is 14.0. The Bertz CT molecular complexity index is 472. The van der Waals surface area contributed by atoms with Crippen molar-refractivity contribution in [3.63, 3.8) is 0 Å². The Morgan fingerprint density at radius 1 is 1.47 bits per heavy atom. The Morgan fingerprint density at radius 3 is 2.84 bits per heavy atom. The van der Waals surface area contributed by atoms with E-state index in [-0.39, 0.29) is 11.9 Å². The molecule has 2 atom stereocenters. The minimum absolute atomic E-state index is 0.0271. The third-order valence-corrected chi connectivity index (χ3v) is 3.88. The number of rotatable bonds is 5. The van der Waals surface area contributed by atoms with Crippen LogP contribution in [0.2, 0.25) is 0 Å². The highest BCUT2D eigenvalue weighted by Crippen LogP contribution is 2.33. The van der Waals surface area contributed by atoms with E-state index >= 15 is 0 Å². The Labute approximate surface area is 115 Å². The van der Waals surface area contributed by atoms with E-state index in [4.69, 9.17) is 0 Å². The average Bonchev–Trinajstić information content (AvgIpc) is 2.72. The highest BCUT2D eigenvalue weighted by Gasteiger charge is 2.29. The first-order valence-corrected chi connectivity index (χ1v) is 6.90. The van der Waals surface area contributed by atoms with Crippen LogP contribution in [0.5, 0.6) is 0 Å². The smallest absolute Gasteiger partial charge is 0.246 e. The van der Waals surface area contributed by atoms with Crippen LogP contribution in [0.4, 0.5) is 11.4 Å². The van der Waals surface area contributed by atoms with Crippen molar-refractivity contribution in [2.75, 3.05) is 30.9 Å². The van der Waals surface area contributed by atoms with Crippen molar-refractivity contribution in [2.24, 2.45) is 5.92 Å². The van der Waals surface area contributed by atoms with Gasteiger partial charge in [-0.1, -0.05) is 26.3 Å². The molecule has 0 bridgehead atoms. The van der Waals surface area contributed by atoms with E-state index in [0.29, 0.717) is 5.92 Å². The van der Waals surface area contributed by atoms with Crippen molar-refractivity contribution in [2.45, 2.75) is 26.3 Å². The second-order valence-corrected chi connectivity index (χ2v) is 5.38. The van der Waals surface area contributed by atoms with Gasteiger partial charge in [0.25, 0.3) is 0 Å². The summed E-state index contributed by atoms with van der Waals surface area (Å²) in [7, 11) is 3.91. The van der Waals surface area contributed by atoms with E-state index in [1.165, 1.54) is 6.42 Å². The van der Waals surface area contributed by atoms with Crippen LogP contribution in [-0.2, 0) is 4.79 Å². The normalized spacial score (nSPS) is 18.9. The molecule has 0 aliphatic carbocycles. The van der Waals surface area contributed by atoms with Crippen LogP contribution in [0, 0.1) is 5.92 Å². The lowest BCUT2D eigenvalue weighted by atomic mass is 10.1. The predicted octanol–water partition coefficient (Wildman–Crippen LogP) is 2.38. The highest BCUT2D eigenvalue weighted by molar-refractivity contribution is 6.03. The van der Waals surface area contributed by atoms with Gasteiger partial charge in [-0.3, -0.25) is 4.79 Å². The molecule has 1 aromatic carbocycles. The number of fused-ring (bicyclic) bond motifs is 1. The van der Waals surface area contributed by atoms with Crippen LogP contribution < -0.4 is 15.5 Å². The third kappa shape index (κ3) is 2.73. The largest absolute Gasteiger partial charge is 0.374 e. The van der Waals surface area contributed by atoms with E-state index in [0.717, 1.165) is 23.5 Å². The lowest BCUT2D eigenvalue weighted by Gasteiger charge is -2.23. The van der Waals surface area contributed by atoms with E-state index in [1.807, 2.05) is 13.1 Å². The summed E-state index contributed by atoms with van der Waals surface area (Å²) in [5.74, 6) is 0.692. The zero-order valence-corrected chi connectivity index (χ0v) is 12.2. The standard InChI is InChI=1S/C15H23N3O/c1-5-10(2)9-18(4)11-6-7-12-13(8-11)17-15(19)14(12)16-3/h6-8,10,14,16H,5,9H2,1-4H3,(H,17,19). The van der Waals surface area contributed by atoms with E-state index < -0.39 is 0 Å². The molecule has 2 unspecified atom stereocenters. The maximum Gasteiger partial charge on any atom is 0.246 e. The molecule has 1 aliphatic rings. The van der Waals surface area contributed by atoms with Crippen LogP contribution >= 0.6 is 0 Å². The summed E-state index contributed by atoms with van der Waals surface area (Å²) in [6.45, 7) is 5.49. The number of amides is 1. The highest BCUT2D eigenvalue weighted by atomic mass is 16.2.